The van der Waals surface area contributed by atoms with Crippen molar-refractivity contribution < 1.29 is 0 Å². The highest BCUT2D eigenvalue weighted by molar-refractivity contribution is 6.02. The van der Waals surface area contributed by atoms with Gasteiger partial charge in [-0.05, 0) is 93.9 Å². The molecule has 1 aromatic heterocycles. The topological polar surface area (TPSA) is 21.1 Å². The normalized spacial score (nSPS) is 13.6. The lowest BCUT2D eigenvalue weighted by Gasteiger charge is -2.34. The minimum Gasteiger partial charge on any atom is -0.306 e. The third-order valence-electron chi connectivity index (χ3n) is 10.3. The van der Waals surface area contributed by atoms with Crippen LogP contribution in [-0.2, 0) is 5.41 Å². The highest BCUT2D eigenvalue weighted by Crippen LogP contribution is 2.57. The van der Waals surface area contributed by atoms with Gasteiger partial charge in [0.15, 0.2) is 0 Å². The van der Waals surface area contributed by atoms with Crippen LogP contribution in [0.1, 0.15) is 28.1 Å². The first-order chi connectivity index (χ1) is 23.7. The van der Waals surface area contributed by atoms with Crippen molar-refractivity contribution >= 4 is 28.1 Å². The zero-order valence-electron chi connectivity index (χ0n) is 26.5. The number of nitrogens with zero attached hydrogens (tertiary/aromatic N) is 3. The summed E-state index contributed by atoms with van der Waals surface area (Å²) in [6, 6.07) is 62.1. The Morgan fingerprint density at radius 3 is 1.85 bits per heavy atom. The van der Waals surface area contributed by atoms with Gasteiger partial charge < -0.3 is 4.90 Å². The van der Waals surface area contributed by atoms with Gasteiger partial charge in [-0.2, -0.15) is 0 Å². The average molecular weight is 614 g/mol. The smallest absolute Gasteiger partial charge is 0.111 e. The van der Waals surface area contributed by atoms with Crippen LogP contribution in [0.4, 0.5) is 17.1 Å². The number of imidazole rings is 1. The molecule has 7 aromatic carbocycles. The lowest BCUT2D eigenvalue weighted by Crippen LogP contribution is -2.28. The molecule has 1 aliphatic carbocycles. The maximum Gasteiger partial charge on any atom is 0.111 e. The van der Waals surface area contributed by atoms with Crippen molar-refractivity contribution in [2.45, 2.75) is 12.3 Å². The van der Waals surface area contributed by atoms with Crippen LogP contribution in [0.2, 0.25) is 0 Å². The maximum absolute atomic E-state index is 4.96. The first kappa shape index (κ1) is 27.0. The molecule has 0 unspecified atom stereocenters. The van der Waals surface area contributed by atoms with E-state index in [0.717, 1.165) is 39.6 Å². The Morgan fingerprint density at radius 2 is 1.10 bits per heavy atom. The summed E-state index contributed by atoms with van der Waals surface area (Å²) in [7, 11) is 0. The number of hydrogen-bond donors (Lipinski definition) is 0. The van der Waals surface area contributed by atoms with Gasteiger partial charge in [0, 0.05) is 5.69 Å². The van der Waals surface area contributed by atoms with E-state index >= 15 is 0 Å². The SMILES string of the molecule is Cc1nc2cccc3c2n1-c1ccc(-c2ccc4c(c2)C(c2ccccc2)(c2ccccc2)c2ccccc2-4)cc1N3c1ccccc1. The maximum atomic E-state index is 4.96. The van der Waals surface area contributed by atoms with Crippen LogP contribution in [0.25, 0.3) is 39.0 Å². The summed E-state index contributed by atoms with van der Waals surface area (Å²) in [5.74, 6) is 0.991. The number of fused-ring (bicyclic) bond motifs is 5. The van der Waals surface area contributed by atoms with Gasteiger partial charge in [0.2, 0.25) is 0 Å². The lowest BCUT2D eigenvalue weighted by atomic mass is 9.67. The summed E-state index contributed by atoms with van der Waals surface area (Å²) >= 11 is 0. The monoisotopic (exact) mass is 613 g/mol. The Balaban J connectivity index is 1.23. The molecule has 3 nitrogen and oxygen atoms in total. The van der Waals surface area contributed by atoms with Crippen molar-refractivity contribution in [2.24, 2.45) is 0 Å². The summed E-state index contributed by atoms with van der Waals surface area (Å²) in [5, 5.41) is 0. The van der Waals surface area contributed by atoms with Crippen LogP contribution >= 0.6 is 0 Å². The largest absolute Gasteiger partial charge is 0.306 e. The number of para-hydroxylation sites is 2. The van der Waals surface area contributed by atoms with E-state index in [1.807, 2.05) is 0 Å². The summed E-state index contributed by atoms with van der Waals surface area (Å²) in [6.07, 6.45) is 0. The number of aryl methyl sites for hydroxylation is 1. The molecule has 0 atom stereocenters. The number of hydrogen-bond acceptors (Lipinski definition) is 2. The van der Waals surface area contributed by atoms with Crippen molar-refractivity contribution in [1.29, 1.82) is 0 Å². The Kier molecular flexibility index (Phi) is 5.71. The zero-order chi connectivity index (χ0) is 31.8. The van der Waals surface area contributed by atoms with E-state index in [0.29, 0.717) is 0 Å². The van der Waals surface area contributed by atoms with Crippen molar-refractivity contribution in [3.05, 3.63) is 198 Å². The van der Waals surface area contributed by atoms with Gasteiger partial charge in [0.25, 0.3) is 0 Å². The Hall–Kier alpha value is -6.19. The quantitative estimate of drug-likeness (QED) is 0.197. The zero-order valence-corrected chi connectivity index (χ0v) is 26.5. The summed E-state index contributed by atoms with van der Waals surface area (Å²) in [4.78, 5) is 7.35. The fourth-order valence-electron chi connectivity index (χ4n) is 8.38. The molecule has 8 aromatic rings. The molecule has 0 spiro atoms. The van der Waals surface area contributed by atoms with Crippen LogP contribution in [-0.4, -0.2) is 9.55 Å². The van der Waals surface area contributed by atoms with E-state index in [2.05, 4.69) is 186 Å². The second kappa shape index (κ2) is 10.2. The molecule has 3 heteroatoms. The third-order valence-corrected chi connectivity index (χ3v) is 10.3. The van der Waals surface area contributed by atoms with E-state index in [1.54, 1.807) is 0 Å². The van der Waals surface area contributed by atoms with Crippen LogP contribution in [0.5, 0.6) is 0 Å². The van der Waals surface area contributed by atoms with Crippen molar-refractivity contribution in [3.63, 3.8) is 0 Å². The molecule has 226 valence electrons. The molecule has 48 heavy (non-hydrogen) atoms. The predicted molar refractivity (Wildman–Crippen MR) is 197 cm³/mol. The fourth-order valence-corrected chi connectivity index (χ4v) is 8.38. The molecule has 0 fully saturated rings. The van der Waals surface area contributed by atoms with E-state index < -0.39 is 5.41 Å². The molecule has 1 aliphatic heterocycles. The average Bonchev–Trinajstić information content (AvgIpc) is 3.65. The Morgan fingerprint density at radius 1 is 0.479 bits per heavy atom. The number of anilines is 3. The van der Waals surface area contributed by atoms with Crippen LogP contribution in [0.3, 0.4) is 0 Å². The number of rotatable bonds is 4. The van der Waals surface area contributed by atoms with E-state index in [-0.39, 0.29) is 0 Å². The molecule has 0 saturated heterocycles. The molecule has 0 bridgehead atoms. The molecule has 2 aliphatic rings. The molecule has 10 rings (SSSR count). The minimum atomic E-state index is -0.437. The van der Waals surface area contributed by atoms with Crippen LogP contribution in [0.15, 0.2) is 170 Å². The van der Waals surface area contributed by atoms with Crippen molar-refractivity contribution in [2.75, 3.05) is 4.90 Å². The number of benzene rings is 7. The number of aromatic nitrogens is 2. The highest BCUT2D eigenvalue weighted by atomic mass is 15.2. The minimum absolute atomic E-state index is 0.437. The molecule has 0 N–H and O–H groups in total. The predicted octanol–water partition coefficient (Wildman–Crippen LogP) is 11.1. The molecule has 2 heterocycles. The van der Waals surface area contributed by atoms with Crippen LogP contribution in [0, 0.1) is 6.92 Å². The van der Waals surface area contributed by atoms with Gasteiger partial charge in [-0.15, -0.1) is 0 Å². The van der Waals surface area contributed by atoms with Crippen molar-refractivity contribution in [1.82, 2.24) is 9.55 Å². The third kappa shape index (κ3) is 3.61. The fraction of sp³-hybridized carbons (Fsp3) is 0.0444. The summed E-state index contributed by atoms with van der Waals surface area (Å²) in [5.41, 5.74) is 16.4. The van der Waals surface area contributed by atoms with Crippen molar-refractivity contribution in [3.8, 4) is 27.9 Å². The lowest BCUT2D eigenvalue weighted by molar-refractivity contribution is 0.769. The second-order valence-electron chi connectivity index (χ2n) is 12.8. The van der Waals surface area contributed by atoms with Gasteiger partial charge in [0.05, 0.1) is 33.5 Å². The first-order valence-corrected chi connectivity index (χ1v) is 16.6. The van der Waals surface area contributed by atoms with Gasteiger partial charge in [0.1, 0.15) is 5.82 Å². The van der Waals surface area contributed by atoms with E-state index in [9.17, 15) is 0 Å². The first-order valence-electron chi connectivity index (χ1n) is 16.6. The summed E-state index contributed by atoms with van der Waals surface area (Å²) < 4.78 is 2.32. The van der Waals surface area contributed by atoms with Gasteiger partial charge in [-0.3, -0.25) is 4.57 Å². The molecule has 0 saturated carbocycles. The molecular weight excluding hydrogens is 583 g/mol. The standard InChI is InChI=1S/C45H31N3/c1-30-46-40-22-13-23-42-44(40)47(30)41-27-25-32(29-43(41)48(42)35-18-9-4-10-19-35)31-24-26-37-36-20-11-12-21-38(36)45(39(37)28-31,33-14-5-2-6-15-33)34-16-7-3-8-17-34/h2-29H,1H3. The van der Waals surface area contributed by atoms with Gasteiger partial charge in [-0.1, -0.05) is 127 Å². The molecule has 0 radical (unpaired) electrons. The highest BCUT2D eigenvalue weighted by Gasteiger charge is 2.46. The van der Waals surface area contributed by atoms with Gasteiger partial charge >= 0.3 is 0 Å². The summed E-state index contributed by atoms with van der Waals surface area (Å²) in [6.45, 7) is 2.10. The Labute approximate surface area is 280 Å². The molecular formula is C45H31N3. The van der Waals surface area contributed by atoms with Crippen LogP contribution < -0.4 is 4.90 Å². The van der Waals surface area contributed by atoms with Gasteiger partial charge in [-0.25, -0.2) is 4.98 Å². The van der Waals surface area contributed by atoms with E-state index in [1.165, 1.54) is 44.5 Å². The Bertz CT molecular complexity index is 2470. The second-order valence-corrected chi connectivity index (χ2v) is 12.8. The molecule has 0 amide bonds. The van der Waals surface area contributed by atoms with E-state index in [4.69, 9.17) is 4.98 Å².